The lowest BCUT2D eigenvalue weighted by molar-refractivity contribution is -0.116. The Morgan fingerprint density at radius 3 is 2.73 bits per heavy atom. The number of hydrogen-bond donors (Lipinski definition) is 2. The molecule has 2 aliphatic carbocycles. The minimum absolute atomic E-state index is 0.0132. The highest BCUT2D eigenvalue weighted by Gasteiger charge is 2.23. The molecule has 1 amide bonds. The Balaban J connectivity index is 1.64. The zero-order valence-electron chi connectivity index (χ0n) is 18.2. The zero-order valence-corrected chi connectivity index (χ0v) is 18.2. The molecule has 0 bridgehead atoms. The van der Waals surface area contributed by atoms with Gasteiger partial charge in [-0.25, -0.2) is 9.97 Å². The summed E-state index contributed by atoms with van der Waals surface area (Å²) in [6.45, 7) is 4.10. The largest absolute Gasteiger partial charge is 0.508 e. The number of anilines is 1. The van der Waals surface area contributed by atoms with E-state index in [1.54, 1.807) is 6.07 Å². The fourth-order valence-electron chi connectivity index (χ4n) is 4.81. The topological polar surface area (TPSA) is 75.1 Å². The molecule has 2 aromatic rings. The van der Waals surface area contributed by atoms with E-state index in [1.807, 2.05) is 12.1 Å². The van der Waals surface area contributed by atoms with Crippen molar-refractivity contribution in [3.8, 4) is 17.0 Å². The van der Waals surface area contributed by atoms with Crippen molar-refractivity contribution in [3.63, 3.8) is 0 Å². The van der Waals surface area contributed by atoms with Crippen molar-refractivity contribution in [2.75, 3.05) is 5.32 Å². The SMILES string of the molecule is CC(C)CC(=O)Nc1nc2c(nc1CCC1CCCCC1)-c1ccc(O)cc1CC2. The van der Waals surface area contributed by atoms with Gasteiger partial charge < -0.3 is 10.4 Å². The Morgan fingerprint density at radius 1 is 1.17 bits per heavy atom. The van der Waals surface area contributed by atoms with Gasteiger partial charge in [-0.3, -0.25) is 4.79 Å². The van der Waals surface area contributed by atoms with Gasteiger partial charge in [-0.05, 0) is 61.3 Å². The summed E-state index contributed by atoms with van der Waals surface area (Å²) < 4.78 is 0. The first-order valence-corrected chi connectivity index (χ1v) is 11.5. The highest BCUT2D eigenvalue weighted by atomic mass is 16.3. The molecule has 1 heterocycles. The third-order valence-corrected chi connectivity index (χ3v) is 6.38. The Hall–Kier alpha value is -2.43. The fraction of sp³-hybridized carbons (Fsp3) is 0.560. The Morgan fingerprint density at radius 2 is 1.97 bits per heavy atom. The summed E-state index contributed by atoms with van der Waals surface area (Å²) in [4.78, 5) is 22.4. The summed E-state index contributed by atoms with van der Waals surface area (Å²) in [7, 11) is 0. The Kier molecular flexibility index (Phi) is 6.35. The summed E-state index contributed by atoms with van der Waals surface area (Å²) in [5.41, 5.74) is 4.93. The van der Waals surface area contributed by atoms with Gasteiger partial charge in [-0.15, -0.1) is 0 Å². The molecule has 0 spiro atoms. The normalized spacial score (nSPS) is 16.2. The molecule has 1 aromatic carbocycles. The van der Waals surface area contributed by atoms with Crippen LogP contribution in [-0.4, -0.2) is 21.0 Å². The molecule has 5 heteroatoms. The van der Waals surface area contributed by atoms with Crippen LogP contribution in [-0.2, 0) is 24.1 Å². The monoisotopic (exact) mass is 407 g/mol. The summed E-state index contributed by atoms with van der Waals surface area (Å²) >= 11 is 0. The van der Waals surface area contributed by atoms with Crippen molar-refractivity contribution >= 4 is 11.7 Å². The van der Waals surface area contributed by atoms with Gasteiger partial charge in [-0.1, -0.05) is 46.0 Å². The lowest BCUT2D eigenvalue weighted by Crippen LogP contribution is -2.20. The van der Waals surface area contributed by atoms with Gasteiger partial charge >= 0.3 is 0 Å². The van der Waals surface area contributed by atoms with Crippen LogP contribution in [0.5, 0.6) is 5.75 Å². The van der Waals surface area contributed by atoms with E-state index in [0.717, 1.165) is 59.8 Å². The minimum Gasteiger partial charge on any atom is -0.508 e. The van der Waals surface area contributed by atoms with Crippen LogP contribution in [0.2, 0.25) is 0 Å². The lowest BCUT2D eigenvalue weighted by atomic mass is 9.85. The van der Waals surface area contributed by atoms with Crippen LogP contribution in [0.25, 0.3) is 11.3 Å². The number of phenols is 1. The molecule has 0 unspecified atom stereocenters. The molecule has 30 heavy (non-hydrogen) atoms. The van der Waals surface area contributed by atoms with E-state index in [2.05, 4.69) is 19.2 Å². The molecule has 0 saturated heterocycles. The first-order valence-electron chi connectivity index (χ1n) is 11.5. The second-order valence-corrected chi connectivity index (χ2v) is 9.34. The molecule has 1 aromatic heterocycles. The van der Waals surface area contributed by atoms with Gasteiger partial charge in [0, 0.05) is 12.0 Å². The summed E-state index contributed by atoms with van der Waals surface area (Å²) in [6, 6.07) is 5.49. The number of phenolic OH excluding ortho intramolecular Hbond substituents is 1. The van der Waals surface area contributed by atoms with Gasteiger partial charge in [0.05, 0.1) is 17.1 Å². The van der Waals surface area contributed by atoms with Crippen molar-refractivity contribution in [2.45, 2.75) is 78.1 Å². The molecule has 1 saturated carbocycles. The maximum Gasteiger partial charge on any atom is 0.225 e. The van der Waals surface area contributed by atoms with Crippen LogP contribution in [0.3, 0.4) is 0 Å². The number of aromatic hydroxyl groups is 1. The Labute approximate surface area is 179 Å². The number of nitrogens with one attached hydrogen (secondary N) is 1. The highest BCUT2D eigenvalue weighted by Crippen LogP contribution is 2.35. The van der Waals surface area contributed by atoms with Gasteiger partial charge in [0.25, 0.3) is 0 Å². The minimum atomic E-state index is 0.0132. The van der Waals surface area contributed by atoms with E-state index in [1.165, 1.54) is 32.1 Å². The number of hydrogen-bond acceptors (Lipinski definition) is 4. The van der Waals surface area contributed by atoms with Crippen molar-refractivity contribution in [3.05, 3.63) is 35.2 Å². The van der Waals surface area contributed by atoms with Crippen LogP contribution in [0.4, 0.5) is 5.82 Å². The third kappa shape index (κ3) is 4.82. The van der Waals surface area contributed by atoms with Crippen LogP contribution in [0.1, 0.15) is 75.7 Å². The van der Waals surface area contributed by atoms with Crippen molar-refractivity contribution in [2.24, 2.45) is 11.8 Å². The molecule has 2 N–H and O–H groups in total. The maximum atomic E-state index is 12.5. The number of aromatic nitrogens is 2. The zero-order chi connectivity index (χ0) is 21.1. The summed E-state index contributed by atoms with van der Waals surface area (Å²) in [5, 5.41) is 12.9. The quantitative estimate of drug-likeness (QED) is 0.668. The van der Waals surface area contributed by atoms with E-state index < -0.39 is 0 Å². The average Bonchev–Trinajstić information content (AvgIpc) is 2.72. The van der Waals surface area contributed by atoms with E-state index in [4.69, 9.17) is 9.97 Å². The molecular formula is C25H33N3O2. The second-order valence-electron chi connectivity index (χ2n) is 9.34. The smallest absolute Gasteiger partial charge is 0.225 e. The number of carbonyl (C=O) groups is 1. The molecule has 0 aliphatic heterocycles. The first kappa shape index (κ1) is 20.8. The molecule has 5 nitrogen and oxygen atoms in total. The summed E-state index contributed by atoms with van der Waals surface area (Å²) in [6.07, 6.45) is 10.6. The number of amides is 1. The van der Waals surface area contributed by atoms with Crippen molar-refractivity contribution in [1.29, 1.82) is 0 Å². The standard InChI is InChI=1S/C25H33N3O2/c1-16(2)14-23(30)28-25-22(12-8-17-6-4-3-5-7-17)26-24-20-11-10-19(29)15-18(20)9-13-21(24)27-25/h10-11,15-17,29H,3-9,12-14H2,1-2H3,(H,27,28,30). The number of aryl methyl sites for hydroxylation is 3. The predicted molar refractivity (Wildman–Crippen MR) is 120 cm³/mol. The van der Waals surface area contributed by atoms with Crippen molar-refractivity contribution < 1.29 is 9.90 Å². The number of rotatable bonds is 6. The van der Waals surface area contributed by atoms with Gasteiger partial charge in [-0.2, -0.15) is 0 Å². The molecule has 0 atom stereocenters. The maximum absolute atomic E-state index is 12.5. The molecular weight excluding hydrogens is 374 g/mol. The predicted octanol–water partition coefficient (Wildman–Crippen LogP) is 5.45. The first-order chi connectivity index (χ1) is 14.5. The van der Waals surface area contributed by atoms with Crippen LogP contribution >= 0.6 is 0 Å². The molecule has 0 radical (unpaired) electrons. The molecule has 4 rings (SSSR count). The molecule has 160 valence electrons. The van der Waals surface area contributed by atoms with E-state index in [9.17, 15) is 9.90 Å². The van der Waals surface area contributed by atoms with Gasteiger partial charge in [0.15, 0.2) is 5.82 Å². The van der Waals surface area contributed by atoms with Gasteiger partial charge in [0.1, 0.15) is 5.75 Å². The van der Waals surface area contributed by atoms with Gasteiger partial charge in [0.2, 0.25) is 5.91 Å². The number of benzene rings is 1. The number of carbonyl (C=O) groups excluding carboxylic acids is 1. The van der Waals surface area contributed by atoms with E-state index in [-0.39, 0.29) is 5.91 Å². The third-order valence-electron chi connectivity index (χ3n) is 6.38. The molecule has 2 aliphatic rings. The van der Waals surface area contributed by atoms with Crippen molar-refractivity contribution in [1.82, 2.24) is 9.97 Å². The Bertz CT molecular complexity index is 917. The number of fused-ring (bicyclic) bond motifs is 3. The van der Waals surface area contributed by atoms with E-state index >= 15 is 0 Å². The lowest BCUT2D eigenvalue weighted by Gasteiger charge is -2.23. The number of nitrogens with zero attached hydrogens (tertiary/aromatic N) is 2. The second kappa shape index (κ2) is 9.15. The van der Waals surface area contributed by atoms with Crippen LogP contribution in [0, 0.1) is 11.8 Å². The highest BCUT2D eigenvalue weighted by molar-refractivity contribution is 5.90. The van der Waals surface area contributed by atoms with Crippen LogP contribution in [0.15, 0.2) is 18.2 Å². The average molecular weight is 408 g/mol. The molecule has 1 fully saturated rings. The van der Waals surface area contributed by atoms with E-state index in [0.29, 0.717) is 23.9 Å². The van der Waals surface area contributed by atoms with Crippen LogP contribution < -0.4 is 5.32 Å². The summed E-state index contributed by atoms with van der Waals surface area (Å²) in [5.74, 6) is 2.01. The fourth-order valence-corrected chi connectivity index (χ4v) is 4.81.